The molecule has 3 nitrogen and oxygen atoms in total. The Morgan fingerprint density at radius 1 is 1.35 bits per heavy atom. The van der Waals surface area contributed by atoms with Crippen LogP contribution in [0.15, 0.2) is 29.0 Å². The van der Waals surface area contributed by atoms with Gasteiger partial charge in [-0.05, 0) is 40.5 Å². The third-order valence-electron chi connectivity index (χ3n) is 2.05. The fourth-order valence-corrected chi connectivity index (χ4v) is 1.93. The molecule has 2 aromatic rings. The van der Waals surface area contributed by atoms with Crippen molar-refractivity contribution >= 4 is 15.9 Å². The Hall–Kier alpha value is -1.37. The van der Waals surface area contributed by atoms with Crippen molar-refractivity contribution in [3.8, 4) is 5.82 Å². The van der Waals surface area contributed by atoms with E-state index in [4.69, 9.17) is 0 Å². The van der Waals surface area contributed by atoms with Crippen molar-refractivity contribution in [2.75, 3.05) is 0 Å². The molecule has 0 bridgehead atoms. The number of hydrogen-bond acceptors (Lipinski definition) is 2. The molecule has 2 rings (SSSR count). The minimum Gasteiger partial charge on any atom is -0.236 e. The normalized spacial score (nSPS) is 11.8. The molecule has 0 spiro atoms. The van der Waals surface area contributed by atoms with Gasteiger partial charge in [0.2, 0.25) is 0 Å². The standard InChI is InChI=1S/C10H7BrF3N3/c1-6-4-7(11)9(15-5-6)17-3-2-8(16-17)10(12,13)14/h2-5H,1H3. The molecular weight excluding hydrogens is 299 g/mol. The monoisotopic (exact) mass is 305 g/mol. The quantitative estimate of drug-likeness (QED) is 0.809. The third kappa shape index (κ3) is 2.49. The summed E-state index contributed by atoms with van der Waals surface area (Å²) in [6.07, 6.45) is -1.65. The van der Waals surface area contributed by atoms with Crippen molar-refractivity contribution in [2.24, 2.45) is 0 Å². The van der Waals surface area contributed by atoms with E-state index in [1.165, 1.54) is 6.20 Å². The summed E-state index contributed by atoms with van der Waals surface area (Å²) in [5.74, 6) is 0.325. The Morgan fingerprint density at radius 3 is 2.59 bits per heavy atom. The van der Waals surface area contributed by atoms with E-state index in [-0.39, 0.29) is 0 Å². The first-order chi connectivity index (χ1) is 7.88. The largest absolute Gasteiger partial charge is 0.435 e. The second kappa shape index (κ2) is 4.14. The number of aryl methyl sites for hydroxylation is 1. The molecule has 0 amide bonds. The van der Waals surface area contributed by atoms with Crippen LogP contribution in [0.4, 0.5) is 13.2 Å². The molecule has 0 unspecified atom stereocenters. The van der Waals surface area contributed by atoms with Crippen molar-refractivity contribution in [1.29, 1.82) is 0 Å². The maximum Gasteiger partial charge on any atom is 0.435 e. The first-order valence-corrected chi connectivity index (χ1v) is 5.42. The molecule has 0 N–H and O–H groups in total. The first kappa shape index (κ1) is 12.1. The summed E-state index contributed by atoms with van der Waals surface area (Å²) in [5.41, 5.74) is -0.0319. The molecular formula is C10H7BrF3N3. The van der Waals surface area contributed by atoms with Crippen LogP contribution >= 0.6 is 15.9 Å². The third-order valence-corrected chi connectivity index (χ3v) is 2.64. The van der Waals surface area contributed by atoms with Gasteiger partial charge in [-0.25, -0.2) is 9.67 Å². The predicted molar refractivity (Wildman–Crippen MR) is 58.8 cm³/mol. The minimum atomic E-state index is -4.44. The fraction of sp³-hybridized carbons (Fsp3) is 0.200. The van der Waals surface area contributed by atoms with Crippen LogP contribution in [-0.2, 0) is 6.18 Å². The average Bonchev–Trinajstić information content (AvgIpc) is 2.65. The number of nitrogens with zero attached hydrogens (tertiary/aromatic N) is 3. The molecule has 0 saturated carbocycles. The summed E-state index contributed by atoms with van der Waals surface area (Å²) in [7, 11) is 0. The van der Waals surface area contributed by atoms with Crippen molar-refractivity contribution in [1.82, 2.24) is 14.8 Å². The molecule has 0 saturated heterocycles. The van der Waals surface area contributed by atoms with Gasteiger partial charge in [0.25, 0.3) is 0 Å². The number of halogens is 4. The summed E-state index contributed by atoms with van der Waals surface area (Å²) in [6, 6.07) is 2.67. The fourth-order valence-electron chi connectivity index (χ4n) is 1.29. The summed E-state index contributed by atoms with van der Waals surface area (Å²) in [6.45, 7) is 1.84. The summed E-state index contributed by atoms with van der Waals surface area (Å²) < 4.78 is 38.8. The molecule has 0 radical (unpaired) electrons. The van der Waals surface area contributed by atoms with Crippen molar-refractivity contribution in [3.63, 3.8) is 0 Å². The highest BCUT2D eigenvalue weighted by atomic mass is 79.9. The Kier molecular flexibility index (Phi) is 2.94. The molecule has 0 aromatic carbocycles. The van der Waals surface area contributed by atoms with E-state index < -0.39 is 11.9 Å². The Bertz CT molecular complexity index is 548. The van der Waals surface area contributed by atoms with Gasteiger partial charge in [0.15, 0.2) is 11.5 Å². The smallest absolute Gasteiger partial charge is 0.236 e. The van der Waals surface area contributed by atoms with E-state index in [2.05, 4.69) is 26.0 Å². The lowest BCUT2D eigenvalue weighted by Gasteiger charge is -2.04. The van der Waals surface area contributed by atoms with Crippen molar-refractivity contribution in [3.05, 3.63) is 40.3 Å². The van der Waals surface area contributed by atoms with Gasteiger partial charge in [0, 0.05) is 12.4 Å². The lowest BCUT2D eigenvalue weighted by Crippen LogP contribution is -2.08. The summed E-state index contributed by atoms with van der Waals surface area (Å²) in [4.78, 5) is 4.03. The molecule has 0 aliphatic carbocycles. The van der Waals surface area contributed by atoms with Crippen LogP contribution in [0.5, 0.6) is 0 Å². The lowest BCUT2D eigenvalue weighted by molar-refractivity contribution is -0.141. The predicted octanol–water partition coefficient (Wildman–Crippen LogP) is 3.36. The van der Waals surface area contributed by atoms with Crippen LogP contribution in [-0.4, -0.2) is 14.8 Å². The van der Waals surface area contributed by atoms with Crippen LogP contribution in [0.1, 0.15) is 11.3 Å². The highest BCUT2D eigenvalue weighted by Gasteiger charge is 2.33. The molecule has 90 valence electrons. The summed E-state index contributed by atoms with van der Waals surface area (Å²) in [5, 5.41) is 3.44. The van der Waals surface area contributed by atoms with Gasteiger partial charge in [-0.2, -0.15) is 18.3 Å². The number of pyridine rings is 1. The molecule has 17 heavy (non-hydrogen) atoms. The van der Waals surface area contributed by atoms with Crippen LogP contribution < -0.4 is 0 Å². The second-order valence-corrected chi connectivity index (χ2v) is 4.32. The number of rotatable bonds is 1. The number of hydrogen-bond donors (Lipinski definition) is 0. The highest BCUT2D eigenvalue weighted by Crippen LogP contribution is 2.28. The first-order valence-electron chi connectivity index (χ1n) is 4.63. The van der Waals surface area contributed by atoms with E-state index in [9.17, 15) is 13.2 Å². The zero-order valence-corrected chi connectivity index (χ0v) is 10.2. The molecule has 0 atom stereocenters. The van der Waals surface area contributed by atoms with E-state index >= 15 is 0 Å². The number of aromatic nitrogens is 3. The Morgan fingerprint density at radius 2 is 2.06 bits per heavy atom. The molecule has 0 fully saturated rings. The van der Waals surface area contributed by atoms with E-state index in [1.54, 1.807) is 12.3 Å². The molecule has 7 heteroatoms. The average molecular weight is 306 g/mol. The van der Waals surface area contributed by atoms with Gasteiger partial charge < -0.3 is 0 Å². The van der Waals surface area contributed by atoms with Crippen LogP contribution in [0.25, 0.3) is 5.82 Å². The maximum absolute atomic E-state index is 12.4. The maximum atomic E-state index is 12.4. The van der Waals surface area contributed by atoms with Gasteiger partial charge in [0.1, 0.15) is 0 Å². The van der Waals surface area contributed by atoms with Gasteiger partial charge in [-0.1, -0.05) is 0 Å². The SMILES string of the molecule is Cc1cnc(-n2ccc(C(F)(F)F)n2)c(Br)c1. The molecule has 0 aliphatic heterocycles. The molecule has 2 aromatic heterocycles. The van der Waals surface area contributed by atoms with E-state index in [1.807, 2.05) is 6.92 Å². The van der Waals surface area contributed by atoms with E-state index in [0.717, 1.165) is 16.3 Å². The van der Waals surface area contributed by atoms with E-state index in [0.29, 0.717) is 10.3 Å². The zero-order chi connectivity index (χ0) is 12.6. The molecule has 2 heterocycles. The lowest BCUT2D eigenvalue weighted by atomic mass is 10.3. The van der Waals surface area contributed by atoms with Crippen LogP contribution in [0, 0.1) is 6.92 Å². The van der Waals surface area contributed by atoms with Crippen LogP contribution in [0.3, 0.4) is 0 Å². The second-order valence-electron chi connectivity index (χ2n) is 3.46. The topological polar surface area (TPSA) is 30.7 Å². The van der Waals surface area contributed by atoms with Crippen LogP contribution in [0.2, 0.25) is 0 Å². The Labute approximate surface area is 103 Å². The highest BCUT2D eigenvalue weighted by molar-refractivity contribution is 9.10. The minimum absolute atomic E-state index is 0.325. The number of alkyl halides is 3. The van der Waals surface area contributed by atoms with Crippen molar-refractivity contribution in [2.45, 2.75) is 13.1 Å². The summed E-state index contributed by atoms with van der Waals surface area (Å²) >= 11 is 3.24. The van der Waals surface area contributed by atoms with Gasteiger partial charge in [-0.3, -0.25) is 0 Å². The van der Waals surface area contributed by atoms with Crippen molar-refractivity contribution < 1.29 is 13.2 Å². The molecule has 0 aliphatic rings. The van der Waals surface area contributed by atoms with Gasteiger partial charge >= 0.3 is 6.18 Å². The van der Waals surface area contributed by atoms with Gasteiger partial charge in [-0.15, -0.1) is 0 Å². The van der Waals surface area contributed by atoms with Gasteiger partial charge in [0.05, 0.1) is 4.47 Å². The zero-order valence-electron chi connectivity index (χ0n) is 8.66. The Balaban J connectivity index is 2.44.